The highest BCUT2D eigenvalue weighted by Gasteiger charge is 2.26. The van der Waals surface area contributed by atoms with Crippen LogP contribution in [0.15, 0.2) is 21.7 Å². The van der Waals surface area contributed by atoms with Crippen LogP contribution in [-0.2, 0) is 10.0 Å². The van der Waals surface area contributed by atoms with Gasteiger partial charge in [-0.15, -0.1) is 24.0 Å². The van der Waals surface area contributed by atoms with E-state index in [0.29, 0.717) is 38.4 Å². The van der Waals surface area contributed by atoms with Crippen molar-refractivity contribution < 1.29 is 17.6 Å². The van der Waals surface area contributed by atoms with Crippen molar-refractivity contribution in [1.82, 2.24) is 20.3 Å². The molecule has 1 aliphatic rings. The second-order valence-electron chi connectivity index (χ2n) is 7.02. The third-order valence-corrected chi connectivity index (χ3v) is 6.74. The smallest absolute Gasteiger partial charge is 0.287 e. The molecule has 0 bridgehead atoms. The van der Waals surface area contributed by atoms with Gasteiger partial charge in [0.15, 0.2) is 11.7 Å². The number of aryl methyl sites for hydroxylation is 1. The minimum absolute atomic E-state index is 0. The van der Waals surface area contributed by atoms with E-state index in [1.54, 1.807) is 17.3 Å². The molecule has 30 heavy (non-hydrogen) atoms. The van der Waals surface area contributed by atoms with Crippen molar-refractivity contribution in [2.45, 2.75) is 46.1 Å². The predicted molar refractivity (Wildman–Crippen MR) is 129 cm³/mol. The third-order valence-electron chi connectivity index (χ3n) is 4.86. The van der Waals surface area contributed by atoms with Gasteiger partial charge in [0.25, 0.3) is 5.91 Å². The molecule has 0 radical (unpaired) electrons. The van der Waals surface area contributed by atoms with E-state index in [4.69, 9.17) is 4.42 Å². The van der Waals surface area contributed by atoms with Crippen molar-refractivity contribution >= 4 is 45.9 Å². The van der Waals surface area contributed by atoms with Crippen LogP contribution in [0.2, 0.25) is 0 Å². The zero-order valence-corrected chi connectivity index (χ0v) is 21.1. The Morgan fingerprint density at radius 1 is 1.27 bits per heavy atom. The molecule has 0 spiro atoms. The van der Waals surface area contributed by atoms with Gasteiger partial charge in [-0.2, -0.15) is 0 Å². The summed E-state index contributed by atoms with van der Waals surface area (Å²) in [6.45, 7) is 8.39. The van der Waals surface area contributed by atoms with Gasteiger partial charge >= 0.3 is 0 Å². The average Bonchev–Trinajstić information content (AvgIpc) is 3.14. The number of rotatable bonds is 9. The fourth-order valence-electron chi connectivity index (χ4n) is 3.13. The Hall–Kier alpha value is -1.34. The predicted octanol–water partition coefficient (Wildman–Crippen LogP) is 1.70. The zero-order valence-electron chi connectivity index (χ0n) is 17.9. The molecule has 2 heterocycles. The van der Waals surface area contributed by atoms with Crippen LogP contribution in [0.1, 0.15) is 49.2 Å². The number of piperidine rings is 1. The van der Waals surface area contributed by atoms with Crippen LogP contribution >= 0.6 is 24.0 Å². The molecule has 1 aromatic rings. The number of amides is 1. The Labute approximate surface area is 196 Å². The fraction of sp³-hybridized carbons (Fsp3) is 0.684. The number of furan rings is 1. The first kappa shape index (κ1) is 26.7. The molecular weight excluding hydrogens is 521 g/mol. The maximum absolute atomic E-state index is 12.0. The van der Waals surface area contributed by atoms with Crippen LogP contribution in [0.3, 0.4) is 0 Å². The molecule has 1 fully saturated rings. The molecule has 0 atom stereocenters. The Balaban J connectivity index is 0.00000450. The Morgan fingerprint density at radius 2 is 1.97 bits per heavy atom. The first-order valence-electron chi connectivity index (χ1n) is 10.2. The van der Waals surface area contributed by atoms with Crippen molar-refractivity contribution in [2.24, 2.45) is 4.99 Å². The van der Waals surface area contributed by atoms with Gasteiger partial charge in [-0.3, -0.25) is 9.79 Å². The molecule has 2 rings (SSSR count). The third kappa shape index (κ3) is 8.06. The summed E-state index contributed by atoms with van der Waals surface area (Å²) in [5, 5.41) is 9.44. The highest BCUT2D eigenvalue weighted by Crippen LogP contribution is 2.14. The van der Waals surface area contributed by atoms with Crippen molar-refractivity contribution in [3.8, 4) is 0 Å². The summed E-state index contributed by atoms with van der Waals surface area (Å²) in [6.07, 6.45) is 3.71. The van der Waals surface area contributed by atoms with E-state index in [2.05, 4.69) is 20.9 Å². The molecule has 9 nitrogen and oxygen atoms in total. The summed E-state index contributed by atoms with van der Waals surface area (Å²) >= 11 is 0. The van der Waals surface area contributed by atoms with Crippen LogP contribution in [0, 0.1) is 6.92 Å². The van der Waals surface area contributed by atoms with Crippen molar-refractivity contribution in [2.75, 3.05) is 38.5 Å². The lowest BCUT2D eigenvalue weighted by Crippen LogP contribution is -2.50. The van der Waals surface area contributed by atoms with Crippen LogP contribution in [0.25, 0.3) is 0 Å². The topological polar surface area (TPSA) is 116 Å². The van der Waals surface area contributed by atoms with E-state index in [-0.39, 0.29) is 41.7 Å². The molecule has 3 N–H and O–H groups in total. The molecule has 172 valence electrons. The van der Waals surface area contributed by atoms with Gasteiger partial charge in [0.2, 0.25) is 10.0 Å². The molecule has 1 aromatic heterocycles. The lowest BCUT2D eigenvalue weighted by Gasteiger charge is -2.32. The maximum Gasteiger partial charge on any atom is 0.287 e. The van der Waals surface area contributed by atoms with Crippen LogP contribution in [-0.4, -0.2) is 69.1 Å². The number of nitrogens with one attached hydrogen (secondary N) is 3. The number of hydrogen-bond donors (Lipinski definition) is 3. The second-order valence-corrected chi connectivity index (χ2v) is 9.28. The number of hydrogen-bond acceptors (Lipinski definition) is 5. The van der Waals surface area contributed by atoms with E-state index in [9.17, 15) is 13.2 Å². The highest BCUT2D eigenvalue weighted by molar-refractivity contribution is 14.0. The normalized spacial score (nSPS) is 16.0. The van der Waals surface area contributed by atoms with E-state index in [1.165, 1.54) is 6.26 Å². The summed E-state index contributed by atoms with van der Waals surface area (Å²) in [5.41, 5.74) is 0.817. The van der Waals surface area contributed by atoms with Crippen molar-refractivity contribution in [1.29, 1.82) is 0 Å². The molecule has 0 unspecified atom stereocenters. The Morgan fingerprint density at radius 3 is 2.53 bits per heavy atom. The minimum atomic E-state index is -3.11. The molecule has 1 amide bonds. The quantitative estimate of drug-likeness (QED) is 0.185. The Bertz CT molecular complexity index is 789. The number of sulfonamides is 1. The highest BCUT2D eigenvalue weighted by atomic mass is 127. The summed E-state index contributed by atoms with van der Waals surface area (Å²) in [7, 11) is -3.11. The molecule has 11 heteroatoms. The lowest BCUT2D eigenvalue weighted by atomic mass is 10.1. The molecule has 0 aromatic carbocycles. The average molecular weight is 555 g/mol. The number of carbonyl (C=O) groups excluding carboxylic acids is 1. The number of guanidine groups is 1. The lowest BCUT2D eigenvalue weighted by molar-refractivity contribution is 0.0925. The summed E-state index contributed by atoms with van der Waals surface area (Å²) < 4.78 is 30.7. The van der Waals surface area contributed by atoms with Gasteiger partial charge in [0.1, 0.15) is 0 Å². The molecule has 0 aliphatic carbocycles. The first-order valence-corrected chi connectivity index (χ1v) is 11.8. The number of nitrogens with zero attached hydrogens (tertiary/aromatic N) is 2. The van der Waals surface area contributed by atoms with Crippen LogP contribution in [0.4, 0.5) is 0 Å². The van der Waals surface area contributed by atoms with Crippen molar-refractivity contribution in [3.63, 3.8) is 0 Å². The molecule has 0 saturated carbocycles. The van der Waals surface area contributed by atoms with E-state index >= 15 is 0 Å². The largest absolute Gasteiger partial charge is 0.459 e. The standard InChI is InChI=1S/C19H33N5O4S.HI/c1-4-20-19(23-16-7-12-24(13-8-16)29(26,27)5-2)22-11-6-10-21-18(25)17-15(3)9-14-28-17;/h9,14,16H,4-8,10-13H2,1-3H3,(H,21,25)(H2,20,22,23);1H. The zero-order chi connectivity index (χ0) is 21.3. The molecule has 1 aliphatic heterocycles. The second kappa shape index (κ2) is 13.2. The van der Waals surface area contributed by atoms with Crippen LogP contribution < -0.4 is 16.0 Å². The minimum Gasteiger partial charge on any atom is -0.459 e. The molecular formula is C19H34IN5O4S. The number of halogens is 1. The summed E-state index contributed by atoms with van der Waals surface area (Å²) in [6, 6.07) is 1.95. The van der Waals surface area contributed by atoms with Gasteiger partial charge in [0, 0.05) is 44.3 Å². The maximum atomic E-state index is 12.0. The van der Waals surface area contributed by atoms with Crippen molar-refractivity contribution in [3.05, 3.63) is 23.7 Å². The van der Waals surface area contributed by atoms with E-state index < -0.39 is 10.0 Å². The molecule has 1 saturated heterocycles. The number of carbonyl (C=O) groups is 1. The van der Waals surface area contributed by atoms with Gasteiger partial charge in [-0.25, -0.2) is 12.7 Å². The van der Waals surface area contributed by atoms with Crippen LogP contribution in [0.5, 0.6) is 0 Å². The van der Waals surface area contributed by atoms with Gasteiger partial charge < -0.3 is 20.4 Å². The SMILES string of the molecule is CCNC(=NCCCNC(=O)c1occc1C)NC1CCN(S(=O)(=O)CC)CC1.I. The summed E-state index contributed by atoms with van der Waals surface area (Å²) in [5.74, 6) is 0.998. The first-order chi connectivity index (χ1) is 13.9. The van der Waals surface area contributed by atoms with Gasteiger partial charge in [-0.1, -0.05) is 0 Å². The van der Waals surface area contributed by atoms with E-state index in [1.807, 2.05) is 13.8 Å². The number of aliphatic imine (C=N–C) groups is 1. The Kier molecular flexibility index (Phi) is 11.7. The van der Waals surface area contributed by atoms with E-state index in [0.717, 1.165) is 30.9 Å². The van der Waals surface area contributed by atoms with Gasteiger partial charge in [-0.05, 0) is 46.1 Å². The monoisotopic (exact) mass is 555 g/mol. The summed E-state index contributed by atoms with van der Waals surface area (Å²) in [4.78, 5) is 16.6. The van der Waals surface area contributed by atoms with Gasteiger partial charge in [0.05, 0.1) is 12.0 Å². The fourth-order valence-corrected chi connectivity index (χ4v) is 4.26.